The van der Waals surface area contributed by atoms with Gasteiger partial charge in [-0.25, -0.2) is 9.78 Å². The Balaban J connectivity index is 2.92. The van der Waals surface area contributed by atoms with E-state index in [-0.39, 0.29) is 11.3 Å². The molecular formula is C12H18N2O3S. The van der Waals surface area contributed by atoms with Gasteiger partial charge in [-0.3, -0.25) is 4.79 Å². The van der Waals surface area contributed by atoms with Crippen LogP contribution in [0.4, 0.5) is 0 Å². The Bertz CT molecular complexity index is 448. The summed E-state index contributed by atoms with van der Waals surface area (Å²) in [5, 5.41) is 11.4. The fourth-order valence-electron chi connectivity index (χ4n) is 1.50. The second-order valence-electron chi connectivity index (χ2n) is 5.05. The molecule has 6 heteroatoms. The minimum Gasteiger partial charge on any atom is -0.480 e. The van der Waals surface area contributed by atoms with Gasteiger partial charge in [-0.1, -0.05) is 27.7 Å². The van der Waals surface area contributed by atoms with E-state index in [1.165, 1.54) is 11.3 Å². The van der Waals surface area contributed by atoms with Gasteiger partial charge in [-0.15, -0.1) is 11.3 Å². The first-order chi connectivity index (χ1) is 8.27. The van der Waals surface area contributed by atoms with E-state index in [0.29, 0.717) is 17.0 Å². The van der Waals surface area contributed by atoms with Crippen molar-refractivity contribution in [3.63, 3.8) is 0 Å². The third kappa shape index (κ3) is 3.29. The van der Waals surface area contributed by atoms with Crippen LogP contribution in [-0.2, 0) is 10.2 Å². The summed E-state index contributed by atoms with van der Waals surface area (Å²) in [6.07, 6.45) is 0.352. The zero-order chi connectivity index (χ0) is 13.9. The van der Waals surface area contributed by atoms with E-state index in [9.17, 15) is 9.59 Å². The Morgan fingerprint density at radius 2 is 2.11 bits per heavy atom. The Morgan fingerprint density at radius 3 is 2.56 bits per heavy atom. The van der Waals surface area contributed by atoms with Crippen LogP contribution in [0.1, 0.15) is 49.5 Å². The first kappa shape index (κ1) is 14.6. The van der Waals surface area contributed by atoms with Crippen LogP contribution in [0.3, 0.4) is 0 Å². The number of aliphatic carboxylic acids is 1. The van der Waals surface area contributed by atoms with Crippen molar-refractivity contribution >= 4 is 23.2 Å². The Labute approximate surface area is 110 Å². The lowest BCUT2D eigenvalue weighted by Crippen LogP contribution is -2.40. The van der Waals surface area contributed by atoms with E-state index in [0.717, 1.165) is 0 Å². The van der Waals surface area contributed by atoms with Crippen LogP contribution >= 0.6 is 11.3 Å². The summed E-state index contributed by atoms with van der Waals surface area (Å²) in [4.78, 5) is 27.6. The Kier molecular flexibility index (Phi) is 4.45. The molecule has 0 radical (unpaired) electrons. The smallest absolute Gasteiger partial charge is 0.326 e. The van der Waals surface area contributed by atoms with E-state index in [2.05, 4.69) is 10.3 Å². The molecule has 1 aromatic rings. The number of amides is 1. The number of nitrogens with one attached hydrogen (secondary N) is 1. The highest BCUT2D eigenvalue weighted by molar-refractivity contribution is 7.11. The van der Waals surface area contributed by atoms with Crippen LogP contribution in [0.5, 0.6) is 0 Å². The zero-order valence-electron chi connectivity index (χ0n) is 11.0. The highest BCUT2D eigenvalue weighted by Gasteiger charge is 2.27. The lowest BCUT2D eigenvalue weighted by Gasteiger charge is -2.18. The van der Waals surface area contributed by atoms with Crippen LogP contribution < -0.4 is 5.32 Å². The average molecular weight is 270 g/mol. The summed E-state index contributed by atoms with van der Waals surface area (Å²) in [5.41, 5.74) is 2.07. The van der Waals surface area contributed by atoms with E-state index in [1.54, 1.807) is 12.4 Å². The fraction of sp³-hybridized carbons (Fsp3) is 0.583. The quantitative estimate of drug-likeness (QED) is 0.877. The Hall–Kier alpha value is -1.43. The third-order valence-corrected chi connectivity index (χ3v) is 3.32. The van der Waals surface area contributed by atoms with Crippen LogP contribution in [0.25, 0.3) is 0 Å². The number of hydrogen-bond donors (Lipinski definition) is 2. The van der Waals surface area contributed by atoms with Crippen LogP contribution in [0, 0.1) is 0 Å². The van der Waals surface area contributed by atoms with Crippen molar-refractivity contribution in [2.45, 2.75) is 45.6 Å². The van der Waals surface area contributed by atoms with Crippen molar-refractivity contribution in [3.05, 3.63) is 16.1 Å². The van der Waals surface area contributed by atoms with Gasteiger partial charge in [-0.2, -0.15) is 0 Å². The molecule has 0 unspecified atom stereocenters. The largest absolute Gasteiger partial charge is 0.480 e. The molecule has 0 bridgehead atoms. The maximum atomic E-state index is 12.0. The van der Waals surface area contributed by atoms with Gasteiger partial charge in [0.25, 0.3) is 5.91 Å². The van der Waals surface area contributed by atoms with Gasteiger partial charge in [0.2, 0.25) is 0 Å². The summed E-state index contributed by atoms with van der Waals surface area (Å²) in [6, 6.07) is -0.854. The van der Waals surface area contributed by atoms with Gasteiger partial charge < -0.3 is 10.4 Å². The van der Waals surface area contributed by atoms with E-state index in [4.69, 9.17) is 5.11 Å². The number of rotatable bonds is 4. The molecule has 1 heterocycles. The van der Waals surface area contributed by atoms with Gasteiger partial charge in [-0.05, 0) is 6.42 Å². The first-order valence-corrected chi connectivity index (χ1v) is 6.63. The second-order valence-corrected chi connectivity index (χ2v) is 5.91. The molecule has 0 fully saturated rings. The Morgan fingerprint density at radius 1 is 1.50 bits per heavy atom. The second kappa shape index (κ2) is 5.48. The van der Waals surface area contributed by atoms with E-state index >= 15 is 0 Å². The van der Waals surface area contributed by atoms with Gasteiger partial charge >= 0.3 is 5.97 Å². The number of hydrogen-bond acceptors (Lipinski definition) is 4. The molecular weight excluding hydrogens is 252 g/mol. The van der Waals surface area contributed by atoms with Crippen LogP contribution in [-0.4, -0.2) is 28.0 Å². The van der Waals surface area contributed by atoms with Gasteiger partial charge in [0.1, 0.15) is 10.9 Å². The van der Waals surface area contributed by atoms with Crippen LogP contribution in [0.15, 0.2) is 5.51 Å². The molecule has 0 aliphatic carbocycles. The summed E-state index contributed by atoms with van der Waals surface area (Å²) in [5.74, 6) is -1.38. The molecule has 0 aromatic carbocycles. The van der Waals surface area contributed by atoms with Crippen LogP contribution in [0.2, 0.25) is 0 Å². The highest BCUT2D eigenvalue weighted by atomic mass is 32.1. The monoisotopic (exact) mass is 270 g/mol. The van der Waals surface area contributed by atoms with Crippen molar-refractivity contribution in [2.24, 2.45) is 0 Å². The number of carbonyl (C=O) groups is 2. The van der Waals surface area contributed by atoms with Gasteiger partial charge in [0, 0.05) is 5.41 Å². The molecule has 0 aliphatic heterocycles. The van der Waals surface area contributed by atoms with Crippen molar-refractivity contribution in [3.8, 4) is 0 Å². The molecule has 1 rings (SSSR count). The van der Waals surface area contributed by atoms with Gasteiger partial charge in [0.05, 0.1) is 11.2 Å². The number of nitrogens with zero attached hydrogens (tertiary/aromatic N) is 1. The lowest BCUT2D eigenvalue weighted by atomic mass is 9.91. The summed E-state index contributed by atoms with van der Waals surface area (Å²) in [6.45, 7) is 7.62. The predicted octanol–water partition coefficient (Wildman–Crippen LogP) is 2.03. The molecule has 1 aromatic heterocycles. The molecule has 1 amide bonds. The van der Waals surface area contributed by atoms with Crippen molar-refractivity contribution in [1.82, 2.24) is 10.3 Å². The molecule has 1 atom stereocenters. The number of carboxylic acids is 1. The molecule has 0 saturated carbocycles. The number of carboxylic acid groups (broad SMARTS) is 1. The SMILES string of the molecule is CC[C@H](NC(=O)c1scnc1C(C)(C)C)C(=O)O. The number of thiazole rings is 1. The van der Waals surface area contributed by atoms with E-state index < -0.39 is 12.0 Å². The van der Waals surface area contributed by atoms with Crippen molar-refractivity contribution in [2.75, 3.05) is 0 Å². The fourth-order valence-corrected chi connectivity index (χ4v) is 2.40. The van der Waals surface area contributed by atoms with Crippen molar-refractivity contribution < 1.29 is 14.7 Å². The minimum atomic E-state index is -1.02. The number of aromatic nitrogens is 1. The summed E-state index contributed by atoms with van der Waals surface area (Å²) >= 11 is 1.23. The molecule has 5 nitrogen and oxygen atoms in total. The summed E-state index contributed by atoms with van der Waals surface area (Å²) < 4.78 is 0. The number of carbonyl (C=O) groups excluding carboxylic acids is 1. The topological polar surface area (TPSA) is 79.3 Å². The van der Waals surface area contributed by atoms with E-state index in [1.807, 2.05) is 20.8 Å². The van der Waals surface area contributed by atoms with Gasteiger partial charge in [0.15, 0.2) is 0 Å². The lowest BCUT2D eigenvalue weighted by molar-refractivity contribution is -0.139. The summed E-state index contributed by atoms with van der Waals surface area (Å²) in [7, 11) is 0. The molecule has 2 N–H and O–H groups in total. The highest BCUT2D eigenvalue weighted by Crippen LogP contribution is 2.27. The molecule has 18 heavy (non-hydrogen) atoms. The maximum absolute atomic E-state index is 12.0. The molecule has 100 valence electrons. The predicted molar refractivity (Wildman–Crippen MR) is 70.0 cm³/mol. The molecule has 0 spiro atoms. The molecule has 0 aliphatic rings. The van der Waals surface area contributed by atoms with Crippen molar-refractivity contribution in [1.29, 1.82) is 0 Å². The molecule has 0 saturated heterocycles. The zero-order valence-corrected chi connectivity index (χ0v) is 11.8. The average Bonchev–Trinajstić information content (AvgIpc) is 2.73. The standard InChI is InChI=1S/C12H18N2O3S/c1-5-7(11(16)17)14-10(15)8-9(12(2,3)4)13-6-18-8/h6-7H,5H2,1-4H3,(H,14,15)(H,16,17)/t7-/m0/s1. The normalized spacial score (nSPS) is 13.1. The maximum Gasteiger partial charge on any atom is 0.326 e. The minimum absolute atomic E-state index is 0.238. The third-order valence-electron chi connectivity index (χ3n) is 2.50. The first-order valence-electron chi connectivity index (χ1n) is 5.75.